The Morgan fingerprint density at radius 1 is 1.19 bits per heavy atom. The van der Waals surface area contributed by atoms with Crippen molar-refractivity contribution in [1.29, 1.82) is 0 Å². The number of fused-ring (bicyclic) bond motifs is 1. The van der Waals surface area contributed by atoms with Crippen LogP contribution in [-0.4, -0.2) is 25.1 Å². The van der Waals surface area contributed by atoms with Crippen molar-refractivity contribution in [3.05, 3.63) is 12.2 Å². The van der Waals surface area contributed by atoms with E-state index < -0.39 is 13.9 Å². The fourth-order valence-corrected chi connectivity index (χ4v) is 5.37. The fraction of sp³-hybridized carbons (Fsp3) is 0.889. The molecule has 1 N–H and O–H groups in total. The summed E-state index contributed by atoms with van der Waals surface area (Å²) in [5.74, 6) is 0.224. The van der Waals surface area contributed by atoms with Crippen LogP contribution in [0, 0.1) is 11.3 Å². The Kier molecular flexibility index (Phi) is 4.27. The van der Waals surface area contributed by atoms with Crippen LogP contribution in [0.5, 0.6) is 0 Å². The molecule has 0 radical (unpaired) electrons. The molecule has 2 aliphatic rings. The smallest absolute Gasteiger partial charge is 0.192 e. The summed E-state index contributed by atoms with van der Waals surface area (Å²) in [5, 5.41) is 11.1. The molecule has 3 heteroatoms. The number of rotatable bonds is 2. The lowest BCUT2D eigenvalue weighted by Crippen LogP contribution is -2.58. The summed E-state index contributed by atoms with van der Waals surface area (Å²) in [5.41, 5.74) is -0.509. The molecular weight excluding hydrogens is 276 g/mol. The molecule has 0 aromatic carbocycles. The molecule has 1 fully saturated rings. The summed E-state index contributed by atoms with van der Waals surface area (Å²) in [6.07, 6.45) is 8.86. The molecule has 4 atom stereocenters. The van der Waals surface area contributed by atoms with Gasteiger partial charge in [-0.15, -0.1) is 0 Å². The highest BCUT2D eigenvalue weighted by Gasteiger charge is 2.55. The van der Waals surface area contributed by atoms with E-state index in [4.69, 9.17) is 4.43 Å². The SMILES string of the molecule is CC(C)(C)[Si](C)(C)O[C@H]1CC[C@](C)(O)[C@H]2C=CCC[C@]12C. The summed E-state index contributed by atoms with van der Waals surface area (Å²) in [7, 11) is -1.77. The Morgan fingerprint density at radius 2 is 1.81 bits per heavy atom. The highest BCUT2D eigenvalue weighted by molar-refractivity contribution is 6.74. The van der Waals surface area contributed by atoms with Crippen molar-refractivity contribution in [2.45, 2.75) is 90.1 Å². The van der Waals surface area contributed by atoms with Gasteiger partial charge >= 0.3 is 0 Å². The fourth-order valence-electron chi connectivity index (χ4n) is 3.92. The van der Waals surface area contributed by atoms with Crippen molar-refractivity contribution in [3.8, 4) is 0 Å². The number of aliphatic hydroxyl groups is 1. The van der Waals surface area contributed by atoms with E-state index in [1.165, 1.54) is 0 Å². The van der Waals surface area contributed by atoms with Gasteiger partial charge in [0, 0.05) is 11.3 Å². The van der Waals surface area contributed by atoms with Crippen LogP contribution in [0.2, 0.25) is 18.1 Å². The van der Waals surface area contributed by atoms with E-state index in [2.05, 4.69) is 52.9 Å². The van der Waals surface area contributed by atoms with E-state index in [0.29, 0.717) is 0 Å². The maximum absolute atomic E-state index is 10.8. The largest absolute Gasteiger partial charge is 0.413 e. The lowest BCUT2D eigenvalue weighted by Gasteiger charge is -2.56. The van der Waals surface area contributed by atoms with Crippen LogP contribution in [0.1, 0.15) is 60.3 Å². The third-order valence-electron chi connectivity index (χ3n) is 6.45. The lowest BCUT2D eigenvalue weighted by atomic mass is 9.56. The normalized spacial score (nSPS) is 41.0. The van der Waals surface area contributed by atoms with E-state index in [1.807, 2.05) is 6.92 Å². The number of hydrogen-bond acceptors (Lipinski definition) is 2. The summed E-state index contributed by atoms with van der Waals surface area (Å²) < 4.78 is 6.80. The summed E-state index contributed by atoms with van der Waals surface area (Å²) in [6.45, 7) is 15.9. The standard InChI is InChI=1S/C18H34O2Si/c1-16(2,3)21(6,7)20-15-11-13-18(5,19)14-10-8-9-12-17(14,15)4/h8,10,14-15,19H,9,11-13H2,1-7H3/t14-,15-,17-,18-/m0/s1. The Balaban J connectivity index is 2.28. The van der Waals surface area contributed by atoms with E-state index in [1.54, 1.807) is 0 Å². The molecule has 0 bridgehead atoms. The lowest BCUT2D eigenvalue weighted by molar-refractivity contribution is -0.132. The molecule has 21 heavy (non-hydrogen) atoms. The molecule has 2 aliphatic carbocycles. The topological polar surface area (TPSA) is 29.5 Å². The second-order valence-electron chi connectivity index (χ2n) is 9.21. The molecule has 1 saturated carbocycles. The van der Waals surface area contributed by atoms with Crippen molar-refractivity contribution in [3.63, 3.8) is 0 Å². The van der Waals surface area contributed by atoms with Gasteiger partial charge in [0.15, 0.2) is 8.32 Å². The van der Waals surface area contributed by atoms with Crippen LogP contribution >= 0.6 is 0 Å². The quantitative estimate of drug-likeness (QED) is 0.581. The monoisotopic (exact) mass is 310 g/mol. The van der Waals surface area contributed by atoms with Gasteiger partial charge in [0.05, 0.1) is 11.7 Å². The van der Waals surface area contributed by atoms with E-state index in [9.17, 15) is 5.11 Å². The average Bonchev–Trinajstić information content (AvgIpc) is 2.32. The third kappa shape index (κ3) is 3.02. The van der Waals surface area contributed by atoms with Gasteiger partial charge in [0.25, 0.3) is 0 Å². The van der Waals surface area contributed by atoms with Crippen molar-refractivity contribution in [2.24, 2.45) is 11.3 Å². The Bertz CT molecular complexity index is 419. The predicted octanol–water partition coefficient (Wildman–Crippen LogP) is 4.89. The summed E-state index contributed by atoms with van der Waals surface area (Å²) in [6, 6.07) is 0. The molecule has 0 heterocycles. The molecular formula is C18H34O2Si. The zero-order valence-electron chi connectivity index (χ0n) is 15.0. The van der Waals surface area contributed by atoms with Crippen LogP contribution in [0.3, 0.4) is 0 Å². The second kappa shape index (κ2) is 5.21. The van der Waals surface area contributed by atoms with Crippen molar-refractivity contribution in [2.75, 3.05) is 0 Å². The van der Waals surface area contributed by atoms with Crippen molar-refractivity contribution >= 4 is 8.32 Å². The van der Waals surface area contributed by atoms with Crippen molar-refractivity contribution < 1.29 is 9.53 Å². The minimum atomic E-state index is -1.77. The first-order chi connectivity index (χ1) is 9.40. The Morgan fingerprint density at radius 3 is 2.38 bits per heavy atom. The zero-order valence-corrected chi connectivity index (χ0v) is 16.0. The van der Waals surface area contributed by atoms with Gasteiger partial charge in [-0.25, -0.2) is 0 Å². The number of allylic oxidation sites excluding steroid dienone is 1. The minimum absolute atomic E-state index is 0.0754. The van der Waals surface area contributed by atoms with Crippen LogP contribution in [0.15, 0.2) is 12.2 Å². The molecule has 0 aliphatic heterocycles. The van der Waals surface area contributed by atoms with Gasteiger partial charge in [-0.1, -0.05) is 39.8 Å². The van der Waals surface area contributed by atoms with Gasteiger partial charge < -0.3 is 9.53 Å². The first kappa shape index (κ1) is 17.2. The summed E-state index contributed by atoms with van der Waals surface area (Å²) in [4.78, 5) is 0. The van der Waals surface area contributed by atoms with Gasteiger partial charge in [0.2, 0.25) is 0 Å². The maximum atomic E-state index is 10.8. The van der Waals surface area contributed by atoms with Crippen molar-refractivity contribution in [1.82, 2.24) is 0 Å². The minimum Gasteiger partial charge on any atom is -0.413 e. The van der Waals surface area contributed by atoms with E-state index >= 15 is 0 Å². The summed E-state index contributed by atoms with van der Waals surface area (Å²) >= 11 is 0. The van der Waals surface area contributed by atoms with Crippen LogP contribution < -0.4 is 0 Å². The van der Waals surface area contributed by atoms with Gasteiger partial charge in [0.1, 0.15) is 0 Å². The zero-order chi connectivity index (χ0) is 16.1. The Hall–Kier alpha value is -0.123. The van der Waals surface area contributed by atoms with Gasteiger partial charge in [-0.05, 0) is 50.7 Å². The first-order valence-corrected chi connectivity index (χ1v) is 11.4. The molecule has 0 amide bonds. The van der Waals surface area contributed by atoms with E-state index in [-0.39, 0.29) is 22.5 Å². The van der Waals surface area contributed by atoms with Crippen LogP contribution in [0.4, 0.5) is 0 Å². The molecule has 0 saturated heterocycles. The molecule has 0 aromatic rings. The molecule has 0 aromatic heterocycles. The molecule has 2 rings (SSSR count). The van der Waals surface area contributed by atoms with E-state index in [0.717, 1.165) is 25.7 Å². The first-order valence-electron chi connectivity index (χ1n) is 8.47. The van der Waals surface area contributed by atoms with Crippen LogP contribution in [-0.2, 0) is 4.43 Å². The number of hydrogen-bond donors (Lipinski definition) is 1. The molecule has 0 spiro atoms. The van der Waals surface area contributed by atoms with Gasteiger partial charge in [-0.3, -0.25) is 0 Å². The third-order valence-corrected chi connectivity index (χ3v) is 10.9. The predicted molar refractivity (Wildman–Crippen MR) is 91.9 cm³/mol. The molecule has 2 nitrogen and oxygen atoms in total. The Labute approximate surface area is 132 Å². The van der Waals surface area contributed by atoms with Gasteiger partial charge in [-0.2, -0.15) is 0 Å². The highest BCUT2D eigenvalue weighted by atomic mass is 28.4. The maximum Gasteiger partial charge on any atom is 0.192 e. The second-order valence-corrected chi connectivity index (χ2v) is 14.0. The molecule has 0 unspecified atom stereocenters. The molecule has 122 valence electrons. The highest BCUT2D eigenvalue weighted by Crippen LogP contribution is 2.54. The average molecular weight is 311 g/mol. The van der Waals surface area contributed by atoms with Crippen LogP contribution in [0.25, 0.3) is 0 Å².